The fraction of sp³-hybridized carbons (Fsp3) is 0.167. The molecule has 3 aromatic rings. The monoisotopic (exact) mass is 371 g/mol. The van der Waals surface area contributed by atoms with Crippen molar-refractivity contribution in [1.82, 2.24) is 10.2 Å². The lowest BCUT2D eigenvalue weighted by Crippen LogP contribution is -2.23. The van der Waals surface area contributed by atoms with E-state index in [0.29, 0.717) is 5.56 Å². The largest absolute Gasteiger partial charge is 0.403 e. The number of nitrogens with zero attached hydrogens (tertiary/aromatic N) is 2. The zero-order valence-electron chi connectivity index (χ0n) is 14.3. The molecule has 2 aromatic carbocycles. The zero-order valence-corrected chi connectivity index (χ0v) is 15.1. The second kappa shape index (κ2) is 7.09. The minimum atomic E-state index is -3.75. The minimum absolute atomic E-state index is 0.0872. The van der Waals surface area contributed by atoms with Gasteiger partial charge < -0.3 is 4.42 Å². The van der Waals surface area contributed by atoms with E-state index in [9.17, 15) is 13.2 Å². The van der Waals surface area contributed by atoms with Crippen LogP contribution in [0.4, 0.5) is 6.01 Å². The Hall–Kier alpha value is -3.00. The fourth-order valence-electron chi connectivity index (χ4n) is 2.33. The average molecular weight is 371 g/mol. The van der Waals surface area contributed by atoms with Crippen LogP contribution in [0.1, 0.15) is 11.1 Å². The molecule has 0 saturated heterocycles. The number of hydrogen-bond acceptors (Lipinski definition) is 6. The van der Waals surface area contributed by atoms with E-state index in [-0.39, 0.29) is 16.8 Å². The number of aromatic nitrogens is 2. The van der Waals surface area contributed by atoms with Crippen LogP contribution in [0.15, 0.2) is 57.8 Å². The predicted molar refractivity (Wildman–Crippen MR) is 96.3 cm³/mol. The molecule has 0 aliphatic rings. The van der Waals surface area contributed by atoms with Gasteiger partial charge in [0, 0.05) is 5.56 Å². The van der Waals surface area contributed by atoms with Gasteiger partial charge in [-0.2, -0.15) is 0 Å². The van der Waals surface area contributed by atoms with Crippen molar-refractivity contribution in [2.24, 2.45) is 0 Å². The topological polar surface area (TPSA) is 102 Å². The molecule has 0 radical (unpaired) electrons. The second-order valence-corrected chi connectivity index (χ2v) is 7.89. The van der Waals surface area contributed by atoms with Crippen molar-refractivity contribution in [2.45, 2.75) is 18.7 Å². The molecule has 134 valence electrons. The van der Waals surface area contributed by atoms with Gasteiger partial charge in [0.1, 0.15) is 5.75 Å². The average Bonchev–Trinajstić information content (AvgIpc) is 3.03. The van der Waals surface area contributed by atoms with Crippen LogP contribution in [-0.4, -0.2) is 30.3 Å². The van der Waals surface area contributed by atoms with Crippen molar-refractivity contribution in [2.75, 3.05) is 11.1 Å². The predicted octanol–water partition coefficient (Wildman–Crippen LogP) is 2.77. The maximum atomic E-state index is 12.3. The maximum absolute atomic E-state index is 12.3. The lowest BCUT2D eigenvalue weighted by molar-refractivity contribution is -0.114. The van der Waals surface area contributed by atoms with Crippen molar-refractivity contribution in [1.29, 1.82) is 0 Å². The number of nitrogens with one attached hydrogen (secondary N) is 1. The van der Waals surface area contributed by atoms with E-state index in [1.807, 2.05) is 32.0 Å². The van der Waals surface area contributed by atoms with Gasteiger partial charge in [-0.1, -0.05) is 40.5 Å². The third kappa shape index (κ3) is 4.15. The Morgan fingerprint density at radius 3 is 2.46 bits per heavy atom. The first-order chi connectivity index (χ1) is 12.3. The molecular formula is C18H17N3O4S. The van der Waals surface area contributed by atoms with Gasteiger partial charge in [-0.05, 0) is 38.1 Å². The summed E-state index contributed by atoms with van der Waals surface area (Å²) in [5.74, 6) is -1.21. The van der Waals surface area contributed by atoms with E-state index < -0.39 is 21.5 Å². The molecule has 0 aliphatic heterocycles. The third-order valence-corrected chi connectivity index (χ3v) is 5.27. The van der Waals surface area contributed by atoms with Gasteiger partial charge in [-0.3, -0.25) is 10.1 Å². The Kier molecular flexibility index (Phi) is 4.85. The van der Waals surface area contributed by atoms with Crippen molar-refractivity contribution in [3.63, 3.8) is 0 Å². The van der Waals surface area contributed by atoms with E-state index >= 15 is 0 Å². The summed E-state index contributed by atoms with van der Waals surface area (Å²) in [6.45, 7) is 3.78. The van der Waals surface area contributed by atoms with Crippen LogP contribution in [0, 0.1) is 13.8 Å². The number of benzene rings is 2. The number of anilines is 1. The van der Waals surface area contributed by atoms with Crippen LogP contribution < -0.4 is 5.32 Å². The standard InChI is InChI=1S/C18H17N3O4S/c1-12-6-8-15(9-7-12)26(23,24)11-16(22)19-18-21-20-17(25-18)14-5-3-4-13(2)10-14/h3-10H,11H2,1-2H3,(H,19,21,22). The number of hydrogen-bond donors (Lipinski definition) is 1. The van der Waals surface area contributed by atoms with Crippen LogP contribution in [-0.2, 0) is 14.6 Å². The van der Waals surface area contributed by atoms with Gasteiger partial charge in [0.05, 0.1) is 4.90 Å². The van der Waals surface area contributed by atoms with Crippen molar-refractivity contribution < 1.29 is 17.6 Å². The van der Waals surface area contributed by atoms with Gasteiger partial charge >= 0.3 is 6.01 Å². The van der Waals surface area contributed by atoms with Crippen molar-refractivity contribution in [3.8, 4) is 11.5 Å². The smallest absolute Gasteiger partial charge is 0.322 e. The molecule has 1 N–H and O–H groups in total. The number of rotatable bonds is 5. The Balaban J connectivity index is 1.70. The Morgan fingerprint density at radius 1 is 1.04 bits per heavy atom. The number of amides is 1. The normalized spacial score (nSPS) is 11.3. The van der Waals surface area contributed by atoms with E-state index in [1.165, 1.54) is 12.1 Å². The molecule has 3 rings (SSSR count). The van der Waals surface area contributed by atoms with Crippen LogP contribution in [0.3, 0.4) is 0 Å². The molecule has 0 bridgehead atoms. The molecule has 8 heteroatoms. The van der Waals surface area contributed by atoms with E-state index in [1.54, 1.807) is 18.2 Å². The van der Waals surface area contributed by atoms with Crippen LogP contribution in [0.25, 0.3) is 11.5 Å². The Bertz CT molecular complexity index is 1040. The maximum Gasteiger partial charge on any atom is 0.322 e. The van der Waals surface area contributed by atoms with Gasteiger partial charge in [-0.15, -0.1) is 5.10 Å². The molecule has 0 aliphatic carbocycles. The first-order valence-corrected chi connectivity index (χ1v) is 9.48. The summed E-state index contributed by atoms with van der Waals surface area (Å²) in [5.41, 5.74) is 2.67. The van der Waals surface area contributed by atoms with Gasteiger partial charge in [-0.25, -0.2) is 8.42 Å². The lowest BCUT2D eigenvalue weighted by atomic mass is 10.1. The summed E-state index contributed by atoms with van der Waals surface area (Å²) in [6.07, 6.45) is 0. The minimum Gasteiger partial charge on any atom is -0.403 e. The molecule has 0 unspecified atom stereocenters. The first-order valence-electron chi connectivity index (χ1n) is 7.83. The number of carbonyl (C=O) groups is 1. The van der Waals surface area contributed by atoms with E-state index in [2.05, 4.69) is 15.5 Å². The molecule has 0 fully saturated rings. The van der Waals surface area contributed by atoms with Crippen LogP contribution in [0.2, 0.25) is 0 Å². The number of carbonyl (C=O) groups excluding carboxylic acids is 1. The summed E-state index contributed by atoms with van der Waals surface area (Å²) in [4.78, 5) is 12.1. The summed E-state index contributed by atoms with van der Waals surface area (Å²) >= 11 is 0. The quantitative estimate of drug-likeness (QED) is 0.740. The summed E-state index contributed by atoms with van der Waals surface area (Å²) in [6, 6.07) is 13.6. The number of aryl methyl sites for hydroxylation is 2. The van der Waals surface area contributed by atoms with Crippen LogP contribution in [0.5, 0.6) is 0 Å². The van der Waals surface area contributed by atoms with Gasteiger partial charge in [0.15, 0.2) is 9.84 Å². The highest BCUT2D eigenvalue weighted by molar-refractivity contribution is 7.92. The van der Waals surface area contributed by atoms with E-state index in [4.69, 9.17) is 4.42 Å². The first kappa shape index (κ1) is 17.8. The molecular weight excluding hydrogens is 354 g/mol. The highest BCUT2D eigenvalue weighted by Gasteiger charge is 2.21. The summed E-state index contributed by atoms with van der Waals surface area (Å²) in [7, 11) is -3.75. The fourth-order valence-corrected chi connectivity index (χ4v) is 3.46. The molecule has 1 amide bonds. The molecule has 1 heterocycles. The third-order valence-electron chi connectivity index (χ3n) is 3.64. The van der Waals surface area contributed by atoms with Gasteiger partial charge in [0.2, 0.25) is 11.8 Å². The molecule has 0 atom stereocenters. The molecule has 26 heavy (non-hydrogen) atoms. The zero-order chi connectivity index (χ0) is 18.7. The highest BCUT2D eigenvalue weighted by Crippen LogP contribution is 2.21. The van der Waals surface area contributed by atoms with Crippen LogP contribution >= 0.6 is 0 Å². The molecule has 1 aromatic heterocycles. The van der Waals surface area contributed by atoms with E-state index in [0.717, 1.165) is 11.1 Å². The second-order valence-electron chi connectivity index (χ2n) is 5.90. The van der Waals surface area contributed by atoms with Crippen molar-refractivity contribution in [3.05, 3.63) is 59.7 Å². The van der Waals surface area contributed by atoms with Crippen molar-refractivity contribution >= 4 is 21.8 Å². The summed E-state index contributed by atoms with van der Waals surface area (Å²) < 4.78 is 29.9. The molecule has 7 nitrogen and oxygen atoms in total. The number of sulfone groups is 1. The SMILES string of the molecule is Cc1ccc(S(=O)(=O)CC(=O)Nc2nnc(-c3cccc(C)c3)o2)cc1. The lowest BCUT2D eigenvalue weighted by Gasteiger charge is -2.04. The Labute approximate surface area is 151 Å². The Morgan fingerprint density at radius 2 is 1.77 bits per heavy atom. The molecule has 0 spiro atoms. The summed E-state index contributed by atoms with van der Waals surface area (Å²) in [5, 5.41) is 9.92. The van der Waals surface area contributed by atoms with Gasteiger partial charge in [0.25, 0.3) is 0 Å². The molecule has 0 saturated carbocycles. The highest BCUT2D eigenvalue weighted by atomic mass is 32.2.